The van der Waals surface area contributed by atoms with E-state index in [1.54, 1.807) is 82.6 Å². The molecule has 0 aliphatic carbocycles. The summed E-state index contributed by atoms with van der Waals surface area (Å²) in [5, 5.41) is 38.4. The van der Waals surface area contributed by atoms with Crippen LogP contribution in [0.4, 0.5) is 0 Å². The molecule has 0 aromatic heterocycles. The van der Waals surface area contributed by atoms with Gasteiger partial charge in [0.15, 0.2) is 0 Å². The van der Waals surface area contributed by atoms with Crippen LogP contribution in [-0.2, 0) is 9.36 Å². The van der Waals surface area contributed by atoms with E-state index in [1.807, 2.05) is 0 Å². The predicted octanol–water partition coefficient (Wildman–Crippen LogP) is 3.26. The lowest BCUT2D eigenvalue weighted by Crippen LogP contribution is -2.28. The molecule has 30 heavy (non-hydrogen) atoms. The van der Waals surface area contributed by atoms with Crippen molar-refractivity contribution in [3.8, 4) is 0 Å². The molecule has 0 radical (unpaired) electrons. The van der Waals surface area contributed by atoms with Crippen LogP contribution in [0.3, 0.4) is 0 Å². The molecule has 186 valence electrons. The molecule has 8 heteroatoms. The fourth-order valence-corrected chi connectivity index (χ4v) is 1.77. The summed E-state index contributed by atoms with van der Waals surface area (Å²) in [5.41, 5.74) is -2.42. The molecule has 0 saturated carbocycles. The van der Waals surface area contributed by atoms with Crippen LogP contribution >= 0.6 is 7.14 Å². The Morgan fingerprint density at radius 1 is 0.733 bits per heavy atom. The van der Waals surface area contributed by atoms with E-state index in [1.165, 1.54) is 0 Å². The van der Waals surface area contributed by atoms with Gasteiger partial charge in [-0.05, 0) is 95.5 Å². The van der Waals surface area contributed by atoms with Crippen molar-refractivity contribution >= 4 is 13.4 Å². The second-order valence-corrected chi connectivity index (χ2v) is 14.7. The van der Waals surface area contributed by atoms with Gasteiger partial charge >= 0.3 is 0 Å². The maximum atomic E-state index is 11.3. The van der Waals surface area contributed by atoms with Crippen LogP contribution in [0.25, 0.3) is 0 Å². The standard InChI is InChI=1S/C9H22NO2P.C5H10O2.2C4H10O/c1-9(2,11)5-6-10-7-8-13(3,4)12;1-5(2,7)3-4-6;2*1-4(2,3)5/h10-11H,5-8H2,1-4H3;4,7H,3H2,1-2H3;2*5H,1-3H3. The average Bonchev–Trinajstić information content (AvgIpc) is 2.30. The van der Waals surface area contributed by atoms with Crippen LogP contribution in [0.1, 0.15) is 82.1 Å². The molecule has 7 nitrogen and oxygen atoms in total. The first kappa shape index (κ1) is 37.0. The molecule has 0 spiro atoms. The van der Waals surface area contributed by atoms with E-state index in [-0.39, 0.29) is 6.42 Å². The zero-order valence-corrected chi connectivity index (χ0v) is 22.6. The number of aliphatic hydroxyl groups is 4. The van der Waals surface area contributed by atoms with Crippen molar-refractivity contribution in [2.75, 3.05) is 32.6 Å². The molecular weight excluding hydrogens is 405 g/mol. The number of nitrogens with one attached hydrogen (secondary N) is 1. The predicted molar refractivity (Wildman–Crippen MR) is 129 cm³/mol. The average molecular weight is 458 g/mol. The first-order valence-electron chi connectivity index (χ1n) is 10.3. The van der Waals surface area contributed by atoms with Crippen LogP contribution in [-0.4, -0.2) is 81.7 Å². The lowest BCUT2D eigenvalue weighted by molar-refractivity contribution is -0.111. The highest BCUT2D eigenvalue weighted by atomic mass is 31.2. The van der Waals surface area contributed by atoms with Crippen LogP contribution < -0.4 is 5.32 Å². The summed E-state index contributed by atoms with van der Waals surface area (Å²) in [7, 11) is -1.87. The molecule has 0 saturated heterocycles. The second kappa shape index (κ2) is 16.3. The highest BCUT2D eigenvalue weighted by Gasteiger charge is 2.11. The number of hydrogen-bond donors (Lipinski definition) is 5. The van der Waals surface area contributed by atoms with Gasteiger partial charge in [-0.25, -0.2) is 0 Å². The zero-order valence-electron chi connectivity index (χ0n) is 21.7. The molecule has 0 aromatic rings. The van der Waals surface area contributed by atoms with Crippen molar-refractivity contribution in [1.29, 1.82) is 0 Å². The van der Waals surface area contributed by atoms with Crippen molar-refractivity contribution < 1.29 is 29.8 Å². The first-order chi connectivity index (χ1) is 12.8. The highest BCUT2D eigenvalue weighted by molar-refractivity contribution is 7.62. The van der Waals surface area contributed by atoms with E-state index in [4.69, 9.17) is 15.3 Å². The largest absolute Gasteiger partial charge is 0.391 e. The topological polar surface area (TPSA) is 127 Å². The van der Waals surface area contributed by atoms with E-state index in [9.17, 15) is 14.5 Å². The highest BCUT2D eigenvalue weighted by Crippen LogP contribution is 2.34. The third kappa shape index (κ3) is 105. The monoisotopic (exact) mass is 457 g/mol. The molecule has 0 unspecified atom stereocenters. The molecule has 0 rings (SSSR count). The van der Waals surface area contributed by atoms with Crippen molar-refractivity contribution in [2.24, 2.45) is 0 Å². The van der Waals surface area contributed by atoms with Gasteiger partial charge in [-0.15, -0.1) is 0 Å². The van der Waals surface area contributed by atoms with E-state index in [0.29, 0.717) is 6.29 Å². The van der Waals surface area contributed by atoms with Gasteiger partial charge in [0.05, 0.1) is 29.5 Å². The Bertz CT molecular complexity index is 424. The van der Waals surface area contributed by atoms with Gasteiger partial charge in [-0.2, -0.15) is 0 Å². The molecule has 0 heterocycles. The Balaban J connectivity index is -0.000000167. The van der Waals surface area contributed by atoms with Gasteiger partial charge < -0.3 is 35.1 Å². The Morgan fingerprint density at radius 3 is 1.23 bits per heavy atom. The van der Waals surface area contributed by atoms with Gasteiger partial charge in [-0.1, -0.05) is 0 Å². The van der Waals surface area contributed by atoms with Crippen molar-refractivity contribution in [1.82, 2.24) is 5.32 Å². The minimum Gasteiger partial charge on any atom is -0.391 e. The second-order valence-electron chi connectivity index (χ2n) is 11.1. The van der Waals surface area contributed by atoms with Crippen molar-refractivity contribution in [3.05, 3.63) is 0 Å². The fraction of sp³-hybridized carbons (Fsp3) is 0.955. The van der Waals surface area contributed by atoms with E-state index >= 15 is 0 Å². The minimum absolute atomic E-state index is 0.215. The molecule has 0 amide bonds. The molecule has 0 aliphatic heterocycles. The summed E-state index contributed by atoms with van der Waals surface area (Å²) >= 11 is 0. The summed E-state index contributed by atoms with van der Waals surface area (Å²) in [6, 6.07) is 0. The van der Waals surface area contributed by atoms with Gasteiger partial charge in [0.25, 0.3) is 0 Å². The SMILES string of the molecule is CC(C)(C)O.CC(C)(C)O.CC(C)(O)CC=O.CC(C)(O)CCNCCP(C)(C)=O. The molecule has 0 fully saturated rings. The van der Waals surface area contributed by atoms with Crippen LogP contribution in [0.15, 0.2) is 0 Å². The summed E-state index contributed by atoms with van der Waals surface area (Å²) in [4.78, 5) is 9.66. The minimum atomic E-state index is -1.87. The maximum Gasteiger partial charge on any atom is 0.122 e. The van der Waals surface area contributed by atoms with E-state index in [0.717, 1.165) is 25.7 Å². The van der Waals surface area contributed by atoms with Gasteiger partial charge in [0.1, 0.15) is 6.29 Å². The normalized spacial score (nSPS) is 12.4. The van der Waals surface area contributed by atoms with Crippen molar-refractivity contribution in [2.45, 2.75) is 104 Å². The lowest BCUT2D eigenvalue weighted by atomic mass is 10.1. The van der Waals surface area contributed by atoms with Crippen molar-refractivity contribution in [3.63, 3.8) is 0 Å². The smallest absolute Gasteiger partial charge is 0.122 e. The number of carbonyl (C=O) groups excluding carboxylic acids is 1. The summed E-state index contributed by atoms with van der Waals surface area (Å²) < 4.78 is 11.3. The number of carbonyl (C=O) groups is 1. The van der Waals surface area contributed by atoms with E-state index < -0.39 is 29.5 Å². The Kier molecular flexibility index (Phi) is 20.2. The third-order valence-electron chi connectivity index (χ3n) is 2.32. The molecule has 0 atom stereocenters. The van der Waals surface area contributed by atoms with E-state index in [2.05, 4.69) is 5.32 Å². The first-order valence-corrected chi connectivity index (χ1v) is 13.1. The number of rotatable bonds is 8. The summed E-state index contributed by atoms with van der Waals surface area (Å²) in [6.45, 7) is 22.4. The number of aldehydes is 1. The van der Waals surface area contributed by atoms with Crippen LogP contribution in [0, 0.1) is 0 Å². The third-order valence-corrected chi connectivity index (χ3v) is 3.62. The molecular formula is C22H52NO6P. The fourth-order valence-electron chi connectivity index (χ4n) is 1.07. The Morgan fingerprint density at radius 2 is 1.07 bits per heavy atom. The van der Waals surface area contributed by atoms with Gasteiger partial charge in [-0.3, -0.25) is 0 Å². The Hall–Kier alpha value is -0.300. The maximum absolute atomic E-state index is 11.3. The molecule has 0 aliphatic rings. The molecule has 5 N–H and O–H groups in total. The van der Waals surface area contributed by atoms with Gasteiger partial charge in [0.2, 0.25) is 0 Å². The van der Waals surface area contributed by atoms with Crippen LogP contribution in [0.5, 0.6) is 0 Å². The molecule has 0 aromatic carbocycles. The summed E-state index contributed by atoms with van der Waals surface area (Å²) in [5.74, 6) is 0. The Labute approximate surface area is 186 Å². The van der Waals surface area contributed by atoms with Crippen LogP contribution in [0.2, 0.25) is 0 Å². The van der Waals surface area contributed by atoms with Gasteiger partial charge in [0, 0.05) is 19.1 Å². The quantitative estimate of drug-likeness (QED) is 0.215. The molecule has 0 bridgehead atoms. The summed E-state index contributed by atoms with van der Waals surface area (Å²) in [6.07, 6.45) is 2.39. The zero-order chi connectivity index (χ0) is 25.4. The lowest BCUT2D eigenvalue weighted by Gasteiger charge is -2.17. The number of hydrogen-bond acceptors (Lipinski definition) is 7.